The van der Waals surface area contributed by atoms with Crippen molar-refractivity contribution >= 4 is 28.9 Å². The van der Waals surface area contributed by atoms with Gasteiger partial charge in [-0.15, -0.1) is 0 Å². The number of carbonyl (C=O) groups is 1. The van der Waals surface area contributed by atoms with Crippen LogP contribution in [-0.4, -0.2) is 55.6 Å². The molecule has 0 aliphatic carbocycles. The van der Waals surface area contributed by atoms with Crippen molar-refractivity contribution in [2.75, 3.05) is 50.1 Å². The molecule has 1 aromatic heterocycles. The van der Waals surface area contributed by atoms with Crippen molar-refractivity contribution in [1.29, 1.82) is 0 Å². The fourth-order valence-corrected chi connectivity index (χ4v) is 3.20. The summed E-state index contributed by atoms with van der Waals surface area (Å²) in [5, 5.41) is 3.35. The van der Waals surface area contributed by atoms with Crippen LogP contribution in [0.5, 0.6) is 5.75 Å². The molecule has 0 saturated carbocycles. The smallest absolute Gasteiger partial charge is 0.274 e. The van der Waals surface area contributed by atoms with Crippen LogP contribution in [0.15, 0.2) is 36.5 Å². The second kappa shape index (κ2) is 8.38. The van der Waals surface area contributed by atoms with Crippen LogP contribution in [0.25, 0.3) is 0 Å². The normalized spacial score (nSPS) is 15.0. The van der Waals surface area contributed by atoms with E-state index < -0.39 is 0 Å². The molecule has 0 unspecified atom stereocenters. The van der Waals surface area contributed by atoms with Gasteiger partial charge in [0, 0.05) is 43.1 Å². The van der Waals surface area contributed by atoms with Crippen LogP contribution in [0, 0.1) is 0 Å². The number of anilines is 2. The van der Waals surface area contributed by atoms with E-state index in [-0.39, 0.29) is 5.91 Å². The van der Waals surface area contributed by atoms with Gasteiger partial charge in [-0.05, 0) is 36.9 Å². The Bertz CT molecular complexity index is 776. The van der Waals surface area contributed by atoms with E-state index in [4.69, 9.17) is 16.3 Å². The van der Waals surface area contributed by atoms with Crippen LogP contribution in [0.2, 0.25) is 5.02 Å². The van der Waals surface area contributed by atoms with E-state index in [0.29, 0.717) is 22.2 Å². The van der Waals surface area contributed by atoms with Gasteiger partial charge in [0.25, 0.3) is 5.91 Å². The summed E-state index contributed by atoms with van der Waals surface area (Å²) in [4.78, 5) is 21.5. The maximum Gasteiger partial charge on any atom is 0.274 e. The number of pyridine rings is 1. The van der Waals surface area contributed by atoms with Gasteiger partial charge in [-0.1, -0.05) is 18.5 Å². The summed E-state index contributed by atoms with van der Waals surface area (Å²) < 4.78 is 5.27. The molecule has 0 atom stereocenters. The van der Waals surface area contributed by atoms with Gasteiger partial charge in [0.1, 0.15) is 11.4 Å². The van der Waals surface area contributed by atoms with Crippen molar-refractivity contribution in [2.24, 2.45) is 0 Å². The van der Waals surface area contributed by atoms with E-state index in [1.807, 2.05) is 12.1 Å². The Kier molecular flexibility index (Phi) is 5.96. The number of aromatic nitrogens is 1. The van der Waals surface area contributed by atoms with Crippen LogP contribution in [-0.2, 0) is 0 Å². The average Bonchev–Trinajstić information content (AvgIpc) is 2.68. The Morgan fingerprint density at radius 2 is 2.00 bits per heavy atom. The van der Waals surface area contributed by atoms with Gasteiger partial charge < -0.3 is 19.9 Å². The molecule has 1 aliphatic heterocycles. The topological polar surface area (TPSA) is 57.7 Å². The first kappa shape index (κ1) is 18.5. The summed E-state index contributed by atoms with van der Waals surface area (Å²) in [6, 6.07) is 8.86. The van der Waals surface area contributed by atoms with Crippen LogP contribution >= 0.6 is 11.6 Å². The van der Waals surface area contributed by atoms with E-state index in [1.165, 1.54) is 0 Å². The molecule has 138 valence electrons. The molecule has 26 heavy (non-hydrogen) atoms. The summed E-state index contributed by atoms with van der Waals surface area (Å²) in [6.07, 6.45) is 1.67. The number of halogens is 1. The summed E-state index contributed by atoms with van der Waals surface area (Å²) >= 11 is 6.02. The average molecular weight is 375 g/mol. The largest absolute Gasteiger partial charge is 0.495 e. The fourth-order valence-electron chi connectivity index (χ4n) is 3.03. The first-order valence-electron chi connectivity index (χ1n) is 8.69. The van der Waals surface area contributed by atoms with E-state index in [9.17, 15) is 4.79 Å². The maximum absolute atomic E-state index is 12.6. The summed E-state index contributed by atoms with van der Waals surface area (Å²) in [5.41, 5.74) is 1.90. The minimum atomic E-state index is -0.292. The molecular formula is C19H23ClN4O2. The maximum atomic E-state index is 12.6. The Morgan fingerprint density at radius 3 is 2.69 bits per heavy atom. The molecule has 1 saturated heterocycles. The van der Waals surface area contributed by atoms with Crippen molar-refractivity contribution in [3.05, 3.63) is 47.2 Å². The second-order valence-electron chi connectivity index (χ2n) is 6.12. The number of ether oxygens (including phenoxy) is 1. The molecule has 0 radical (unpaired) electrons. The zero-order chi connectivity index (χ0) is 18.5. The SMILES string of the molecule is CCN1CCN(c2ccnc(C(=O)Nc3cc(Cl)ccc3OC)c2)CC1. The standard InChI is InChI=1S/C19H23ClN4O2/c1-3-23-8-10-24(11-9-23)15-6-7-21-17(13-15)19(25)22-16-12-14(20)4-5-18(16)26-2/h4-7,12-13H,3,8-11H2,1-2H3,(H,22,25). The third-order valence-corrected chi connectivity index (χ3v) is 4.81. The number of methoxy groups -OCH3 is 1. The first-order valence-corrected chi connectivity index (χ1v) is 9.06. The molecule has 2 heterocycles. The number of piperazine rings is 1. The molecule has 2 aromatic rings. The number of hydrogen-bond acceptors (Lipinski definition) is 5. The minimum Gasteiger partial charge on any atom is -0.495 e. The van der Waals surface area contributed by atoms with Crippen LogP contribution in [0.3, 0.4) is 0 Å². The van der Waals surface area contributed by atoms with E-state index in [1.54, 1.807) is 31.5 Å². The number of amides is 1. The highest BCUT2D eigenvalue weighted by atomic mass is 35.5. The quantitative estimate of drug-likeness (QED) is 0.871. The Labute approximate surface area is 158 Å². The number of carbonyl (C=O) groups excluding carboxylic acids is 1. The van der Waals surface area contributed by atoms with Gasteiger partial charge in [-0.2, -0.15) is 0 Å². The number of likely N-dealkylation sites (N-methyl/N-ethyl adjacent to an activating group) is 1. The lowest BCUT2D eigenvalue weighted by atomic mass is 10.2. The molecule has 1 N–H and O–H groups in total. The number of hydrogen-bond donors (Lipinski definition) is 1. The molecule has 1 aliphatic rings. The number of benzene rings is 1. The van der Waals surface area contributed by atoms with Gasteiger partial charge in [0.15, 0.2) is 0 Å². The predicted octanol–water partition coefficient (Wildman–Crippen LogP) is 3.14. The predicted molar refractivity (Wildman–Crippen MR) is 105 cm³/mol. The van der Waals surface area contributed by atoms with E-state index in [2.05, 4.69) is 27.0 Å². The molecule has 7 heteroatoms. The van der Waals surface area contributed by atoms with Crippen molar-refractivity contribution in [2.45, 2.75) is 6.92 Å². The monoisotopic (exact) mass is 374 g/mol. The van der Waals surface area contributed by atoms with Crippen LogP contribution < -0.4 is 15.0 Å². The highest BCUT2D eigenvalue weighted by Crippen LogP contribution is 2.28. The Balaban J connectivity index is 1.74. The lowest BCUT2D eigenvalue weighted by Crippen LogP contribution is -2.46. The molecule has 1 aromatic carbocycles. The van der Waals surface area contributed by atoms with Crippen molar-refractivity contribution < 1.29 is 9.53 Å². The number of rotatable bonds is 5. The van der Waals surface area contributed by atoms with Crippen molar-refractivity contribution in [1.82, 2.24) is 9.88 Å². The number of nitrogens with zero attached hydrogens (tertiary/aromatic N) is 3. The van der Waals surface area contributed by atoms with Crippen molar-refractivity contribution in [3.8, 4) is 5.75 Å². The van der Waals surface area contributed by atoms with Gasteiger partial charge in [0.2, 0.25) is 0 Å². The highest BCUT2D eigenvalue weighted by Gasteiger charge is 2.18. The molecule has 6 nitrogen and oxygen atoms in total. The second-order valence-corrected chi connectivity index (χ2v) is 6.56. The number of nitrogens with one attached hydrogen (secondary N) is 1. The van der Waals surface area contributed by atoms with Crippen LogP contribution in [0.4, 0.5) is 11.4 Å². The molecule has 0 bridgehead atoms. The molecular weight excluding hydrogens is 352 g/mol. The van der Waals surface area contributed by atoms with Crippen LogP contribution in [0.1, 0.15) is 17.4 Å². The Hall–Kier alpha value is -2.31. The fraction of sp³-hybridized carbons (Fsp3) is 0.368. The molecule has 1 fully saturated rings. The lowest BCUT2D eigenvalue weighted by molar-refractivity contribution is 0.102. The zero-order valence-electron chi connectivity index (χ0n) is 15.0. The highest BCUT2D eigenvalue weighted by molar-refractivity contribution is 6.31. The van der Waals surface area contributed by atoms with Gasteiger partial charge in [0.05, 0.1) is 12.8 Å². The van der Waals surface area contributed by atoms with E-state index in [0.717, 1.165) is 38.4 Å². The van der Waals surface area contributed by atoms with E-state index >= 15 is 0 Å². The lowest BCUT2D eigenvalue weighted by Gasteiger charge is -2.35. The first-order chi connectivity index (χ1) is 12.6. The third-order valence-electron chi connectivity index (χ3n) is 4.57. The van der Waals surface area contributed by atoms with Crippen molar-refractivity contribution in [3.63, 3.8) is 0 Å². The molecule has 3 rings (SSSR count). The minimum absolute atomic E-state index is 0.292. The summed E-state index contributed by atoms with van der Waals surface area (Å²) in [6.45, 7) is 7.19. The Morgan fingerprint density at radius 1 is 1.23 bits per heavy atom. The van der Waals surface area contributed by atoms with Gasteiger partial charge in [-0.3, -0.25) is 9.78 Å². The summed E-state index contributed by atoms with van der Waals surface area (Å²) in [7, 11) is 1.55. The third kappa shape index (κ3) is 4.26. The summed E-state index contributed by atoms with van der Waals surface area (Å²) in [5.74, 6) is 0.259. The molecule has 0 spiro atoms. The zero-order valence-corrected chi connectivity index (χ0v) is 15.8. The van der Waals surface area contributed by atoms with Gasteiger partial charge >= 0.3 is 0 Å². The van der Waals surface area contributed by atoms with Gasteiger partial charge in [-0.25, -0.2) is 0 Å². The molecule has 1 amide bonds.